The first-order chi connectivity index (χ1) is 9.85. The zero-order valence-electron chi connectivity index (χ0n) is 11.1. The maximum Gasteiger partial charge on any atom is 0.262 e. The summed E-state index contributed by atoms with van der Waals surface area (Å²) in [7, 11) is -4.08. The van der Waals surface area contributed by atoms with Gasteiger partial charge in [0.15, 0.2) is 11.6 Å². The maximum atomic E-state index is 13.6. The van der Waals surface area contributed by atoms with Gasteiger partial charge in [0.25, 0.3) is 10.0 Å². The number of halogens is 2. The van der Waals surface area contributed by atoms with Crippen molar-refractivity contribution in [2.75, 3.05) is 4.72 Å². The molecule has 2 rings (SSSR count). The van der Waals surface area contributed by atoms with Gasteiger partial charge in [-0.2, -0.15) is 0 Å². The number of anilines is 1. The van der Waals surface area contributed by atoms with Crippen molar-refractivity contribution < 1.29 is 22.3 Å². The normalized spacial score (nSPS) is 11.4. The minimum Gasteiger partial charge on any atom is -0.392 e. The van der Waals surface area contributed by atoms with Gasteiger partial charge < -0.3 is 5.11 Å². The number of sulfonamides is 1. The zero-order valence-corrected chi connectivity index (χ0v) is 11.9. The third-order valence-corrected chi connectivity index (χ3v) is 4.43. The van der Waals surface area contributed by atoms with E-state index in [1.807, 2.05) is 4.72 Å². The molecule has 0 saturated carbocycles. The molecule has 0 bridgehead atoms. The van der Waals surface area contributed by atoms with Crippen LogP contribution in [0.5, 0.6) is 0 Å². The van der Waals surface area contributed by atoms with Crippen LogP contribution in [0.25, 0.3) is 0 Å². The first kappa shape index (κ1) is 15.4. The fraction of sp³-hybridized carbons (Fsp3) is 0.143. The molecule has 0 amide bonds. The molecule has 4 nitrogen and oxygen atoms in total. The SMILES string of the molecule is Cc1ccc(CO)cc1S(=O)(=O)Nc1cccc(F)c1F. The van der Waals surface area contributed by atoms with Crippen molar-refractivity contribution >= 4 is 15.7 Å². The van der Waals surface area contributed by atoms with Gasteiger partial charge in [-0.1, -0.05) is 18.2 Å². The highest BCUT2D eigenvalue weighted by Crippen LogP contribution is 2.23. The van der Waals surface area contributed by atoms with Gasteiger partial charge >= 0.3 is 0 Å². The largest absolute Gasteiger partial charge is 0.392 e. The monoisotopic (exact) mass is 313 g/mol. The van der Waals surface area contributed by atoms with Crippen LogP contribution in [0.2, 0.25) is 0 Å². The highest BCUT2D eigenvalue weighted by Gasteiger charge is 2.20. The minimum atomic E-state index is -4.08. The summed E-state index contributed by atoms with van der Waals surface area (Å²) >= 11 is 0. The highest BCUT2D eigenvalue weighted by molar-refractivity contribution is 7.92. The third kappa shape index (κ3) is 3.20. The van der Waals surface area contributed by atoms with Crippen molar-refractivity contribution in [1.82, 2.24) is 0 Å². The Hall–Kier alpha value is -1.99. The summed E-state index contributed by atoms with van der Waals surface area (Å²) in [4.78, 5) is -0.0993. The smallest absolute Gasteiger partial charge is 0.262 e. The molecule has 0 fully saturated rings. The van der Waals surface area contributed by atoms with E-state index in [2.05, 4.69) is 0 Å². The molecule has 112 valence electrons. The number of aliphatic hydroxyl groups excluding tert-OH is 1. The van der Waals surface area contributed by atoms with Crippen molar-refractivity contribution in [3.63, 3.8) is 0 Å². The Kier molecular flexibility index (Phi) is 4.24. The summed E-state index contributed by atoms with van der Waals surface area (Å²) in [5.41, 5.74) is 0.362. The molecule has 0 unspecified atom stereocenters. The Labute approximate surface area is 121 Å². The Morgan fingerprint density at radius 3 is 2.57 bits per heavy atom. The molecular formula is C14H13F2NO3S. The van der Waals surface area contributed by atoms with Gasteiger partial charge in [-0.15, -0.1) is 0 Å². The van der Waals surface area contributed by atoms with Crippen LogP contribution in [0.4, 0.5) is 14.5 Å². The van der Waals surface area contributed by atoms with Crippen LogP contribution < -0.4 is 4.72 Å². The van der Waals surface area contributed by atoms with Crippen molar-refractivity contribution in [1.29, 1.82) is 0 Å². The van der Waals surface area contributed by atoms with Crippen molar-refractivity contribution in [3.05, 3.63) is 59.2 Å². The van der Waals surface area contributed by atoms with Crippen molar-refractivity contribution in [2.45, 2.75) is 18.4 Å². The zero-order chi connectivity index (χ0) is 15.6. The van der Waals surface area contributed by atoms with Gasteiger partial charge in [0.2, 0.25) is 0 Å². The van der Waals surface area contributed by atoms with E-state index >= 15 is 0 Å². The molecule has 2 aromatic rings. The number of nitrogens with one attached hydrogen (secondary N) is 1. The summed E-state index contributed by atoms with van der Waals surface area (Å²) in [6, 6.07) is 7.62. The van der Waals surface area contributed by atoms with Gasteiger partial charge in [0, 0.05) is 0 Å². The van der Waals surface area contributed by atoms with Crippen molar-refractivity contribution in [3.8, 4) is 0 Å². The van der Waals surface area contributed by atoms with E-state index in [0.717, 1.165) is 12.1 Å². The van der Waals surface area contributed by atoms with Crippen LogP contribution in [-0.4, -0.2) is 13.5 Å². The molecule has 2 aromatic carbocycles. The maximum absolute atomic E-state index is 13.6. The molecular weight excluding hydrogens is 300 g/mol. The molecule has 7 heteroatoms. The molecule has 0 saturated heterocycles. The number of rotatable bonds is 4. The molecule has 0 aromatic heterocycles. The summed E-state index contributed by atoms with van der Waals surface area (Å²) in [6.45, 7) is 1.24. The first-order valence-electron chi connectivity index (χ1n) is 6.02. The Morgan fingerprint density at radius 2 is 1.90 bits per heavy atom. The molecule has 0 spiro atoms. The van der Waals surface area contributed by atoms with Crippen LogP contribution >= 0.6 is 0 Å². The Balaban J connectivity index is 2.46. The lowest BCUT2D eigenvalue weighted by atomic mass is 10.2. The number of hydrogen-bond acceptors (Lipinski definition) is 3. The fourth-order valence-corrected chi connectivity index (χ4v) is 3.17. The number of aryl methyl sites for hydroxylation is 1. The third-order valence-electron chi connectivity index (χ3n) is 2.92. The predicted octanol–water partition coefficient (Wildman–Crippen LogP) is 2.57. The molecule has 2 N–H and O–H groups in total. The van der Waals surface area contributed by atoms with E-state index < -0.39 is 27.3 Å². The predicted molar refractivity (Wildman–Crippen MR) is 74.3 cm³/mol. The van der Waals surface area contributed by atoms with Gasteiger partial charge in [-0.3, -0.25) is 4.72 Å². The van der Waals surface area contributed by atoms with E-state index in [4.69, 9.17) is 5.11 Å². The first-order valence-corrected chi connectivity index (χ1v) is 7.50. The molecule has 0 atom stereocenters. The quantitative estimate of drug-likeness (QED) is 0.911. The number of hydrogen-bond donors (Lipinski definition) is 2. The highest BCUT2D eigenvalue weighted by atomic mass is 32.2. The lowest BCUT2D eigenvalue weighted by molar-refractivity contribution is 0.281. The summed E-state index contributed by atoms with van der Waals surface area (Å²) < 4.78 is 53.2. The average Bonchev–Trinajstić information content (AvgIpc) is 2.44. The lowest BCUT2D eigenvalue weighted by Crippen LogP contribution is -2.16. The molecule has 0 aliphatic heterocycles. The van der Waals surface area contributed by atoms with Crippen LogP contribution in [-0.2, 0) is 16.6 Å². The van der Waals surface area contributed by atoms with Crippen LogP contribution in [0.3, 0.4) is 0 Å². The minimum absolute atomic E-state index is 0.0993. The van der Waals surface area contributed by atoms with Gasteiger partial charge in [0.1, 0.15) is 0 Å². The molecule has 0 radical (unpaired) electrons. The fourth-order valence-electron chi connectivity index (χ4n) is 1.81. The summed E-state index contributed by atoms with van der Waals surface area (Å²) in [5.74, 6) is -2.41. The van der Waals surface area contributed by atoms with E-state index in [1.165, 1.54) is 18.2 Å². The van der Waals surface area contributed by atoms with Crippen LogP contribution in [0, 0.1) is 18.6 Å². The second-order valence-corrected chi connectivity index (χ2v) is 6.12. The van der Waals surface area contributed by atoms with Gasteiger partial charge in [0.05, 0.1) is 17.2 Å². The van der Waals surface area contributed by atoms with E-state index in [1.54, 1.807) is 13.0 Å². The standard InChI is InChI=1S/C14H13F2NO3S/c1-9-5-6-10(8-18)7-13(9)21(19,20)17-12-4-2-3-11(15)14(12)16/h2-7,17-18H,8H2,1H3. The second kappa shape index (κ2) is 5.79. The van der Waals surface area contributed by atoms with E-state index in [9.17, 15) is 17.2 Å². The number of benzene rings is 2. The number of aliphatic hydroxyl groups is 1. The molecule has 21 heavy (non-hydrogen) atoms. The van der Waals surface area contributed by atoms with E-state index in [0.29, 0.717) is 11.1 Å². The van der Waals surface area contributed by atoms with Crippen molar-refractivity contribution in [2.24, 2.45) is 0 Å². The molecule has 0 aliphatic rings. The van der Waals surface area contributed by atoms with Gasteiger partial charge in [-0.25, -0.2) is 17.2 Å². The van der Waals surface area contributed by atoms with E-state index in [-0.39, 0.29) is 11.5 Å². The van der Waals surface area contributed by atoms with Crippen LogP contribution in [0.1, 0.15) is 11.1 Å². The average molecular weight is 313 g/mol. The topological polar surface area (TPSA) is 66.4 Å². The Morgan fingerprint density at radius 1 is 1.19 bits per heavy atom. The Bertz CT molecular complexity index is 776. The van der Waals surface area contributed by atoms with Crippen LogP contribution in [0.15, 0.2) is 41.3 Å². The molecule has 0 heterocycles. The second-order valence-electron chi connectivity index (χ2n) is 4.46. The lowest BCUT2D eigenvalue weighted by Gasteiger charge is -2.12. The van der Waals surface area contributed by atoms with Gasteiger partial charge in [-0.05, 0) is 36.2 Å². The summed E-state index contributed by atoms with van der Waals surface area (Å²) in [5, 5.41) is 9.06. The summed E-state index contributed by atoms with van der Waals surface area (Å²) in [6.07, 6.45) is 0. The molecule has 0 aliphatic carbocycles.